The van der Waals surface area contributed by atoms with Gasteiger partial charge in [-0.05, 0) is 56.6 Å². The number of rotatable bonds is 4. The lowest BCUT2D eigenvalue weighted by molar-refractivity contribution is 0.167. The van der Waals surface area contributed by atoms with E-state index in [1.54, 1.807) is 0 Å². The van der Waals surface area contributed by atoms with Crippen LogP contribution >= 0.6 is 23.2 Å². The first-order valence-electron chi connectivity index (χ1n) is 6.50. The molecule has 1 N–H and O–H groups in total. The molecule has 1 saturated heterocycles. The van der Waals surface area contributed by atoms with E-state index in [0.29, 0.717) is 5.02 Å². The van der Waals surface area contributed by atoms with Crippen LogP contribution in [0.2, 0.25) is 10.0 Å². The number of benzene rings is 1. The van der Waals surface area contributed by atoms with Gasteiger partial charge in [-0.3, -0.25) is 4.90 Å². The molecule has 1 fully saturated rings. The molecule has 0 radical (unpaired) electrons. The van der Waals surface area contributed by atoms with Crippen LogP contribution in [0.25, 0.3) is 0 Å². The number of halogens is 2. The predicted molar refractivity (Wildman–Crippen MR) is 78.4 cm³/mol. The average Bonchev–Trinajstić information content (AvgIpc) is 2.34. The topological polar surface area (TPSA) is 15.3 Å². The SMILES string of the molecule is CNCC1CCCN(Cc2ccc(Cl)cc2Cl)C1. The minimum absolute atomic E-state index is 0.704. The molecule has 1 heterocycles. The van der Waals surface area contributed by atoms with E-state index in [4.69, 9.17) is 23.2 Å². The van der Waals surface area contributed by atoms with Crippen LogP contribution in [-0.2, 0) is 6.54 Å². The number of likely N-dealkylation sites (tertiary alicyclic amines) is 1. The van der Waals surface area contributed by atoms with Gasteiger partial charge in [-0.15, -0.1) is 0 Å². The Bertz CT molecular complexity index is 393. The van der Waals surface area contributed by atoms with Crippen LogP contribution in [0.15, 0.2) is 18.2 Å². The van der Waals surface area contributed by atoms with Gasteiger partial charge in [0.2, 0.25) is 0 Å². The van der Waals surface area contributed by atoms with Gasteiger partial charge in [0.15, 0.2) is 0 Å². The molecule has 1 aromatic rings. The molecule has 1 aromatic carbocycles. The van der Waals surface area contributed by atoms with Gasteiger partial charge in [-0.2, -0.15) is 0 Å². The highest BCUT2D eigenvalue weighted by molar-refractivity contribution is 6.35. The largest absolute Gasteiger partial charge is 0.319 e. The van der Waals surface area contributed by atoms with Crippen molar-refractivity contribution in [3.63, 3.8) is 0 Å². The molecule has 4 heteroatoms. The molecule has 0 aromatic heterocycles. The fourth-order valence-corrected chi connectivity index (χ4v) is 3.11. The first-order chi connectivity index (χ1) is 8.69. The summed E-state index contributed by atoms with van der Waals surface area (Å²) < 4.78 is 0. The van der Waals surface area contributed by atoms with Gasteiger partial charge in [-0.1, -0.05) is 29.3 Å². The van der Waals surface area contributed by atoms with Crippen LogP contribution < -0.4 is 5.32 Å². The van der Waals surface area contributed by atoms with Crippen molar-refractivity contribution < 1.29 is 0 Å². The van der Waals surface area contributed by atoms with Gasteiger partial charge in [0.25, 0.3) is 0 Å². The first-order valence-corrected chi connectivity index (χ1v) is 7.25. The summed E-state index contributed by atoms with van der Waals surface area (Å²) in [6.07, 6.45) is 2.60. The maximum atomic E-state index is 6.22. The zero-order chi connectivity index (χ0) is 13.0. The van der Waals surface area contributed by atoms with Crippen LogP contribution in [-0.4, -0.2) is 31.6 Å². The molecule has 1 unspecified atom stereocenters. The molecule has 0 aliphatic carbocycles. The van der Waals surface area contributed by atoms with Crippen molar-refractivity contribution in [2.24, 2.45) is 5.92 Å². The Hall–Kier alpha value is -0.280. The van der Waals surface area contributed by atoms with E-state index in [1.165, 1.54) is 24.9 Å². The molecule has 0 amide bonds. The summed E-state index contributed by atoms with van der Waals surface area (Å²) in [4.78, 5) is 2.49. The second-order valence-electron chi connectivity index (χ2n) is 5.04. The van der Waals surface area contributed by atoms with Gasteiger partial charge in [0.05, 0.1) is 0 Å². The standard InChI is InChI=1S/C14H20Cl2N2/c1-17-8-11-3-2-6-18(9-11)10-12-4-5-13(15)7-14(12)16/h4-5,7,11,17H,2-3,6,8-10H2,1H3. The third-order valence-corrected chi connectivity index (χ3v) is 4.09. The zero-order valence-corrected chi connectivity index (χ0v) is 12.3. The van der Waals surface area contributed by atoms with Crippen LogP contribution in [0.5, 0.6) is 0 Å². The van der Waals surface area contributed by atoms with Gasteiger partial charge < -0.3 is 5.32 Å². The average molecular weight is 287 g/mol. The maximum Gasteiger partial charge on any atom is 0.0465 e. The number of hydrogen-bond acceptors (Lipinski definition) is 2. The molecule has 2 rings (SSSR count). The van der Waals surface area contributed by atoms with E-state index in [1.807, 2.05) is 25.2 Å². The molecule has 1 aliphatic heterocycles. The molecule has 0 saturated carbocycles. The van der Waals surface area contributed by atoms with Crippen molar-refractivity contribution in [3.05, 3.63) is 33.8 Å². The molecule has 100 valence electrons. The Morgan fingerprint density at radius 1 is 1.39 bits per heavy atom. The minimum atomic E-state index is 0.704. The summed E-state index contributed by atoms with van der Waals surface area (Å²) in [6, 6.07) is 5.78. The zero-order valence-electron chi connectivity index (χ0n) is 10.8. The Kier molecular flexibility index (Phi) is 5.31. The van der Waals surface area contributed by atoms with E-state index < -0.39 is 0 Å². The molecule has 0 spiro atoms. The summed E-state index contributed by atoms with van der Waals surface area (Å²) in [5.74, 6) is 0.759. The van der Waals surface area contributed by atoms with Crippen LogP contribution in [0.1, 0.15) is 18.4 Å². The van der Waals surface area contributed by atoms with Crippen molar-refractivity contribution in [3.8, 4) is 0 Å². The molecular weight excluding hydrogens is 267 g/mol. The van der Waals surface area contributed by atoms with Gasteiger partial charge >= 0.3 is 0 Å². The Morgan fingerprint density at radius 2 is 2.22 bits per heavy atom. The second-order valence-corrected chi connectivity index (χ2v) is 5.88. The van der Waals surface area contributed by atoms with Crippen molar-refractivity contribution in [1.82, 2.24) is 10.2 Å². The molecule has 0 bridgehead atoms. The van der Waals surface area contributed by atoms with E-state index in [2.05, 4.69) is 10.2 Å². The van der Waals surface area contributed by atoms with E-state index in [9.17, 15) is 0 Å². The van der Waals surface area contributed by atoms with Crippen molar-refractivity contribution in [2.75, 3.05) is 26.7 Å². The van der Waals surface area contributed by atoms with Gasteiger partial charge in [-0.25, -0.2) is 0 Å². The summed E-state index contributed by atoms with van der Waals surface area (Å²) in [7, 11) is 2.02. The molecule has 1 aliphatic rings. The maximum absolute atomic E-state index is 6.22. The van der Waals surface area contributed by atoms with E-state index in [0.717, 1.165) is 30.6 Å². The monoisotopic (exact) mass is 286 g/mol. The fourth-order valence-electron chi connectivity index (χ4n) is 2.64. The number of piperidine rings is 1. The van der Waals surface area contributed by atoms with Crippen molar-refractivity contribution >= 4 is 23.2 Å². The second kappa shape index (κ2) is 6.76. The highest BCUT2D eigenvalue weighted by atomic mass is 35.5. The Morgan fingerprint density at radius 3 is 2.94 bits per heavy atom. The molecule has 2 nitrogen and oxygen atoms in total. The quantitative estimate of drug-likeness (QED) is 0.912. The fraction of sp³-hybridized carbons (Fsp3) is 0.571. The van der Waals surface area contributed by atoms with E-state index in [-0.39, 0.29) is 0 Å². The smallest absolute Gasteiger partial charge is 0.0465 e. The van der Waals surface area contributed by atoms with Crippen LogP contribution in [0.4, 0.5) is 0 Å². The van der Waals surface area contributed by atoms with Crippen LogP contribution in [0, 0.1) is 5.92 Å². The minimum Gasteiger partial charge on any atom is -0.319 e. The number of hydrogen-bond donors (Lipinski definition) is 1. The number of nitrogens with zero attached hydrogens (tertiary/aromatic N) is 1. The lowest BCUT2D eigenvalue weighted by Crippen LogP contribution is -2.38. The molecular formula is C14H20Cl2N2. The molecule has 1 atom stereocenters. The van der Waals surface area contributed by atoms with Crippen molar-refractivity contribution in [1.29, 1.82) is 0 Å². The third-order valence-electron chi connectivity index (χ3n) is 3.50. The van der Waals surface area contributed by atoms with Gasteiger partial charge in [0, 0.05) is 23.1 Å². The van der Waals surface area contributed by atoms with Gasteiger partial charge in [0.1, 0.15) is 0 Å². The lowest BCUT2D eigenvalue weighted by atomic mass is 9.97. The number of nitrogens with one attached hydrogen (secondary N) is 1. The highest BCUT2D eigenvalue weighted by Gasteiger charge is 2.19. The lowest BCUT2D eigenvalue weighted by Gasteiger charge is -2.32. The molecule has 18 heavy (non-hydrogen) atoms. The summed E-state index contributed by atoms with van der Waals surface area (Å²) in [6.45, 7) is 4.35. The summed E-state index contributed by atoms with van der Waals surface area (Å²) in [5.41, 5.74) is 1.17. The van der Waals surface area contributed by atoms with Crippen molar-refractivity contribution in [2.45, 2.75) is 19.4 Å². The summed E-state index contributed by atoms with van der Waals surface area (Å²) >= 11 is 12.1. The normalized spacial score (nSPS) is 21.2. The third kappa shape index (κ3) is 3.86. The predicted octanol–water partition coefficient (Wildman–Crippen LogP) is 3.42. The Balaban J connectivity index is 1.96. The summed E-state index contributed by atoms with van der Waals surface area (Å²) in [5, 5.41) is 4.75. The van der Waals surface area contributed by atoms with Crippen LogP contribution in [0.3, 0.4) is 0 Å². The Labute approximate surface area is 119 Å². The van der Waals surface area contributed by atoms with E-state index >= 15 is 0 Å². The highest BCUT2D eigenvalue weighted by Crippen LogP contribution is 2.24. The first kappa shape index (κ1) is 14.1.